The van der Waals surface area contributed by atoms with Gasteiger partial charge < -0.3 is 10.6 Å². The number of nitrogens with zero attached hydrogens (tertiary/aromatic N) is 3. The highest BCUT2D eigenvalue weighted by Crippen LogP contribution is 2.13. The van der Waals surface area contributed by atoms with Gasteiger partial charge in [0.25, 0.3) is 5.91 Å². The van der Waals surface area contributed by atoms with E-state index >= 15 is 0 Å². The van der Waals surface area contributed by atoms with Gasteiger partial charge >= 0.3 is 0 Å². The Morgan fingerprint density at radius 2 is 2.16 bits per heavy atom. The molecule has 1 saturated heterocycles. The van der Waals surface area contributed by atoms with Crippen molar-refractivity contribution in [3.05, 3.63) is 17.5 Å². The second-order valence-corrected chi connectivity index (χ2v) is 6.35. The second kappa shape index (κ2) is 6.29. The summed E-state index contributed by atoms with van der Waals surface area (Å²) in [5.41, 5.74) is 7.00. The lowest BCUT2D eigenvalue weighted by Gasteiger charge is -2.26. The molecule has 0 bridgehead atoms. The number of rotatable bonds is 4. The van der Waals surface area contributed by atoms with Crippen LogP contribution in [0.2, 0.25) is 0 Å². The average molecular weight is 284 g/mol. The van der Waals surface area contributed by atoms with Crippen LogP contribution >= 0.6 is 0 Å². The lowest BCUT2D eigenvalue weighted by molar-refractivity contribution is 0.0770. The van der Waals surface area contributed by atoms with E-state index in [1.54, 1.807) is 11.1 Å². The predicted octanol–water partition coefficient (Wildman–Crippen LogP) is -0.255. The van der Waals surface area contributed by atoms with Crippen molar-refractivity contribution in [2.75, 3.05) is 31.1 Å². The Bertz CT molecular complexity index is 476. The van der Waals surface area contributed by atoms with Crippen molar-refractivity contribution in [2.45, 2.75) is 19.9 Å². The van der Waals surface area contributed by atoms with Crippen LogP contribution in [0.25, 0.3) is 0 Å². The minimum atomic E-state index is -0.767. The number of aryl methyl sites for hydroxylation is 1. The number of aromatic nitrogens is 2. The fourth-order valence-electron chi connectivity index (χ4n) is 2.13. The molecule has 0 aromatic carbocycles. The summed E-state index contributed by atoms with van der Waals surface area (Å²) in [6.07, 6.45) is 2.47. The number of hydrogen-bond acceptors (Lipinski definition) is 4. The normalized spacial score (nSPS) is 16.8. The molecule has 2 rings (SSSR count). The Labute approximate surface area is 115 Å². The number of carbonyl (C=O) groups is 1. The zero-order valence-corrected chi connectivity index (χ0v) is 12.0. The zero-order valence-electron chi connectivity index (χ0n) is 11.2. The molecule has 1 aliphatic rings. The molecular weight excluding hydrogens is 264 g/mol. The molecule has 19 heavy (non-hydrogen) atoms. The van der Waals surface area contributed by atoms with Crippen LogP contribution in [0.15, 0.2) is 6.20 Å². The maximum Gasteiger partial charge on any atom is 0.257 e. The summed E-state index contributed by atoms with van der Waals surface area (Å²) in [5, 5.41) is 4.24. The van der Waals surface area contributed by atoms with Crippen molar-refractivity contribution >= 4 is 16.7 Å². The predicted molar refractivity (Wildman–Crippen MR) is 74.4 cm³/mol. The molecule has 106 valence electrons. The van der Waals surface area contributed by atoms with E-state index in [1.807, 2.05) is 11.6 Å². The fourth-order valence-corrected chi connectivity index (χ4v) is 3.19. The first kappa shape index (κ1) is 14.2. The lowest BCUT2D eigenvalue weighted by atomic mass is 10.2. The van der Waals surface area contributed by atoms with Crippen molar-refractivity contribution in [3.63, 3.8) is 0 Å². The van der Waals surface area contributed by atoms with E-state index in [0.717, 1.165) is 18.7 Å². The van der Waals surface area contributed by atoms with Gasteiger partial charge in [0.1, 0.15) is 0 Å². The molecule has 2 N–H and O–H groups in total. The third kappa shape index (κ3) is 3.22. The molecule has 1 aromatic heterocycles. The van der Waals surface area contributed by atoms with Crippen LogP contribution in [0.1, 0.15) is 22.5 Å². The van der Waals surface area contributed by atoms with E-state index in [4.69, 9.17) is 5.73 Å². The number of carbonyl (C=O) groups excluding carboxylic acids is 1. The van der Waals surface area contributed by atoms with E-state index in [-0.39, 0.29) is 5.91 Å². The number of hydrogen-bond donors (Lipinski definition) is 1. The first-order chi connectivity index (χ1) is 9.13. The molecule has 0 atom stereocenters. The molecule has 0 aliphatic carbocycles. The molecule has 0 saturated carbocycles. The van der Waals surface area contributed by atoms with Crippen molar-refractivity contribution < 1.29 is 9.00 Å². The summed E-state index contributed by atoms with van der Waals surface area (Å²) in [5.74, 6) is 1.14. The Morgan fingerprint density at radius 3 is 2.79 bits per heavy atom. The summed E-state index contributed by atoms with van der Waals surface area (Å²) in [6, 6.07) is 0. The van der Waals surface area contributed by atoms with Crippen molar-refractivity contribution in [3.8, 4) is 0 Å². The summed E-state index contributed by atoms with van der Waals surface area (Å²) in [7, 11) is -0.767. The maximum atomic E-state index is 12.4. The van der Waals surface area contributed by atoms with E-state index in [9.17, 15) is 9.00 Å². The molecule has 0 unspecified atom stereocenters. The topological polar surface area (TPSA) is 81.2 Å². The standard InChI is InChI=1S/C12H20N4O2S/c1-10-11(9-14-16(10)4-2-3-13)12(17)15-5-7-19(18)8-6-15/h9H,2-8,13H2,1H3. The lowest BCUT2D eigenvalue weighted by Crippen LogP contribution is -2.41. The van der Waals surface area contributed by atoms with Gasteiger partial charge in [0, 0.05) is 47.6 Å². The first-order valence-electron chi connectivity index (χ1n) is 6.50. The van der Waals surface area contributed by atoms with Gasteiger partial charge in [-0.2, -0.15) is 5.10 Å². The number of nitrogens with two attached hydrogens (primary N) is 1. The first-order valence-corrected chi connectivity index (χ1v) is 7.99. The minimum absolute atomic E-state index is 0.00630. The third-order valence-electron chi connectivity index (χ3n) is 3.37. The molecule has 6 nitrogen and oxygen atoms in total. The maximum absolute atomic E-state index is 12.4. The Hall–Kier alpha value is -1.21. The summed E-state index contributed by atoms with van der Waals surface area (Å²) >= 11 is 0. The van der Waals surface area contributed by atoms with Gasteiger partial charge in [0.15, 0.2) is 0 Å². The van der Waals surface area contributed by atoms with Crippen molar-refractivity contribution in [1.82, 2.24) is 14.7 Å². The highest BCUT2D eigenvalue weighted by atomic mass is 32.2. The largest absolute Gasteiger partial charge is 0.337 e. The van der Waals surface area contributed by atoms with Crippen LogP contribution in [0.5, 0.6) is 0 Å². The Kier molecular flexibility index (Phi) is 4.71. The smallest absolute Gasteiger partial charge is 0.257 e. The van der Waals surface area contributed by atoms with Crippen molar-refractivity contribution in [1.29, 1.82) is 0 Å². The van der Waals surface area contributed by atoms with Gasteiger partial charge in [-0.3, -0.25) is 13.7 Å². The molecule has 0 spiro atoms. The van der Waals surface area contributed by atoms with Crippen molar-refractivity contribution in [2.24, 2.45) is 5.73 Å². The molecule has 7 heteroatoms. The summed E-state index contributed by atoms with van der Waals surface area (Å²) in [4.78, 5) is 14.1. The quantitative estimate of drug-likeness (QED) is 0.826. The summed E-state index contributed by atoms with van der Waals surface area (Å²) in [6.45, 7) is 4.39. The van der Waals surface area contributed by atoms with Crippen LogP contribution in [0.3, 0.4) is 0 Å². The van der Waals surface area contributed by atoms with Gasteiger partial charge in [-0.1, -0.05) is 0 Å². The molecule has 2 heterocycles. The molecular formula is C12H20N4O2S. The minimum Gasteiger partial charge on any atom is -0.337 e. The third-order valence-corrected chi connectivity index (χ3v) is 4.65. The Morgan fingerprint density at radius 1 is 1.47 bits per heavy atom. The highest BCUT2D eigenvalue weighted by Gasteiger charge is 2.24. The second-order valence-electron chi connectivity index (χ2n) is 4.65. The SMILES string of the molecule is Cc1c(C(=O)N2CCS(=O)CC2)cnn1CCCN. The number of amides is 1. The monoisotopic (exact) mass is 284 g/mol. The van der Waals surface area contributed by atoms with Gasteiger partial charge in [-0.05, 0) is 19.9 Å². The molecule has 0 radical (unpaired) electrons. The van der Waals surface area contributed by atoms with Crippen LogP contribution in [0, 0.1) is 6.92 Å². The van der Waals surface area contributed by atoms with Crippen LogP contribution < -0.4 is 5.73 Å². The Balaban J connectivity index is 2.07. The molecule has 1 fully saturated rings. The molecule has 1 amide bonds. The van der Waals surface area contributed by atoms with E-state index < -0.39 is 10.8 Å². The molecule has 1 aliphatic heterocycles. The van der Waals surface area contributed by atoms with Gasteiger partial charge in [-0.15, -0.1) is 0 Å². The summed E-state index contributed by atoms with van der Waals surface area (Å²) < 4.78 is 13.1. The van der Waals surface area contributed by atoms with Crippen LogP contribution in [-0.4, -0.2) is 55.9 Å². The van der Waals surface area contributed by atoms with E-state index in [0.29, 0.717) is 36.7 Å². The van der Waals surface area contributed by atoms with Gasteiger partial charge in [0.05, 0.1) is 11.8 Å². The van der Waals surface area contributed by atoms with Crippen LogP contribution in [0.4, 0.5) is 0 Å². The fraction of sp³-hybridized carbons (Fsp3) is 0.667. The van der Waals surface area contributed by atoms with Crippen LogP contribution in [-0.2, 0) is 17.3 Å². The van der Waals surface area contributed by atoms with E-state index in [1.165, 1.54) is 0 Å². The molecule has 1 aromatic rings. The van der Waals surface area contributed by atoms with Gasteiger partial charge in [-0.25, -0.2) is 0 Å². The highest BCUT2D eigenvalue weighted by molar-refractivity contribution is 7.85. The zero-order chi connectivity index (χ0) is 13.8. The van der Waals surface area contributed by atoms with Gasteiger partial charge in [0.2, 0.25) is 0 Å². The van der Waals surface area contributed by atoms with E-state index in [2.05, 4.69) is 5.10 Å². The average Bonchev–Trinajstić information content (AvgIpc) is 2.78.